The average molecular weight is 182 g/mol. The highest BCUT2D eigenvalue weighted by molar-refractivity contribution is 5.77. The smallest absolute Gasteiger partial charge is 0.0737 e. The maximum absolute atomic E-state index is 4.33. The Morgan fingerprint density at radius 1 is 1.36 bits per heavy atom. The Morgan fingerprint density at radius 2 is 2.36 bits per heavy atom. The van der Waals surface area contributed by atoms with E-state index in [1.165, 1.54) is 11.3 Å². The lowest BCUT2D eigenvalue weighted by atomic mass is 10.0. The number of nitrogens with zero attached hydrogens (tertiary/aromatic N) is 2. The summed E-state index contributed by atoms with van der Waals surface area (Å²) < 4.78 is 0. The van der Waals surface area contributed by atoms with Crippen LogP contribution >= 0.6 is 0 Å². The number of fused-ring (bicyclic) bond motifs is 3. The second-order valence-corrected chi connectivity index (χ2v) is 3.38. The van der Waals surface area contributed by atoms with Crippen molar-refractivity contribution >= 4 is 11.8 Å². The van der Waals surface area contributed by atoms with E-state index in [1.54, 1.807) is 0 Å². The van der Waals surface area contributed by atoms with E-state index in [9.17, 15) is 0 Å². The molecule has 1 aromatic rings. The Morgan fingerprint density at radius 3 is 3.36 bits per heavy atom. The predicted octanol–water partition coefficient (Wildman–Crippen LogP) is 2.28. The van der Waals surface area contributed by atoms with Crippen LogP contribution in [0.25, 0.3) is 11.8 Å². The van der Waals surface area contributed by atoms with Crippen LogP contribution in [-0.2, 0) is 0 Å². The van der Waals surface area contributed by atoms with Crippen molar-refractivity contribution in [1.82, 2.24) is 9.88 Å². The first kappa shape index (κ1) is 7.56. The minimum absolute atomic E-state index is 0.955. The lowest BCUT2D eigenvalue weighted by molar-refractivity contribution is 0.586. The second-order valence-electron chi connectivity index (χ2n) is 3.38. The van der Waals surface area contributed by atoms with E-state index >= 15 is 0 Å². The van der Waals surface area contributed by atoms with E-state index in [0.29, 0.717) is 0 Å². The van der Waals surface area contributed by atoms with Gasteiger partial charge in [-0.1, -0.05) is 12.2 Å². The monoisotopic (exact) mass is 182 g/mol. The molecule has 2 aliphatic heterocycles. The van der Waals surface area contributed by atoms with Crippen LogP contribution in [0.3, 0.4) is 0 Å². The zero-order valence-corrected chi connectivity index (χ0v) is 7.72. The maximum atomic E-state index is 4.33. The number of hydrogen-bond acceptors (Lipinski definition) is 2. The molecule has 0 unspecified atom stereocenters. The van der Waals surface area contributed by atoms with E-state index in [1.807, 2.05) is 12.3 Å². The molecule has 68 valence electrons. The van der Waals surface area contributed by atoms with Gasteiger partial charge in [0, 0.05) is 24.5 Å². The molecule has 0 aliphatic carbocycles. The predicted molar refractivity (Wildman–Crippen MR) is 57.1 cm³/mol. The van der Waals surface area contributed by atoms with Crippen molar-refractivity contribution in [1.29, 1.82) is 0 Å². The van der Waals surface area contributed by atoms with E-state index < -0.39 is 0 Å². The molecule has 0 N–H and O–H groups in total. The van der Waals surface area contributed by atoms with Gasteiger partial charge in [0.1, 0.15) is 0 Å². The fraction of sp³-hybridized carbons (Fsp3) is 0.0833. The molecule has 0 fully saturated rings. The maximum Gasteiger partial charge on any atom is 0.0737 e. The molecule has 3 rings (SSSR count). The Hall–Kier alpha value is -1.83. The molecule has 0 saturated carbocycles. The van der Waals surface area contributed by atoms with Crippen molar-refractivity contribution < 1.29 is 0 Å². The van der Waals surface area contributed by atoms with Crippen molar-refractivity contribution in [2.24, 2.45) is 0 Å². The normalized spacial score (nSPS) is 17.4. The highest BCUT2D eigenvalue weighted by Gasteiger charge is 2.17. The van der Waals surface area contributed by atoms with Crippen LogP contribution in [0.15, 0.2) is 42.8 Å². The third-order valence-electron chi connectivity index (χ3n) is 2.53. The molecule has 0 atom stereocenters. The summed E-state index contributed by atoms with van der Waals surface area (Å²) in [5, 5.41) is 0. The first-order valence-electron chi connectivity index (χ1n) is 4.72. The number of hydrogen-bond donors (Lipinski definition) is 0. The van der Waals surface area contributed by atoms with E-state index in [-0.39, 0.29) is 0 Å². The minimum atomic E-state index is 0.955. The summed E-state index contributed by atoms with van der Waals surface area (Å²) in [6.07, 6.45) is 12.4. The topological polar surface area (TPSA) is 16.1 Å². The van der Waals surface area contributed by atoms with Crippen molar-refractivity contribution in [3.8, 4) is 0 Å². The highest BCUT2D eigenvalue weighted by atomic mass is 15.1. The van der Waals surface area contributed by atoms with Crippen LogP contribution in [0.2, 0.25) is 0 Å². The molecule has 14 heavy (non-hydrogen) atoms. The number of aromatic nitrogens is 1. The third kappa shape index (κ3) is 1.01. The number of allylic oxidation sites excluding steroid dienone is 2. The summed E-state index contributed by atoms with van der Waals surface area (Å²) in [5.74, 6) is 0. The molecule has 2 heteroatoms. The van der Waals surface area contributed by atoms with Crippen LogP contribution in [0.5, 0.6) is 0 Å². The Labute approximate surface area is 82.9 Å². The van der Waals surface area contributed by atoms with E-state index in [2.05, 4.69) is 46.5 Å². The molecular weight excluding hydrogens is 172 g/mol. The van der Waals surface area contributed by atoms with Crippen LogP contribution < -0.4 is 0 Å². The summed E-state index contributed by atoms with van der Waals surface area (Å²) in [6.45, 7) is 0.955. The zero-order chi connectivity index (χ0) is 9.38. The van der Waals surface area contributed by atoms with Crippen LogP contribution in [0.4, 0.5) is 0 Å². The van der Waals surface area contributed by atoms with E-state index in [0.717, 1.165) is 12.2 Å². The van der Waals surface area contributed by atoms with Gasteiger partial charge in [-0.2, -0.15) is 0 Å². The molecule has 0 aromatic carbocycles. The fourth-order valence-electron chi connectivity index (χ4n) is 1.84. The van der Waals surface area contributed by atoms with Gasteiger partial charge in [-0.3, -0.25) is 4.98 Å². The van der Waals surface area contributed by atoms with Gasteiger partial charge in [0.05, 0.1) is 11.4 Å². The van der Waals surface area contributed by atoms with Gasteiger partial charge in [0.25, 0.3) is 0 Å². The van der Waals surface area contributed by atoms with E-state index in [4.69, 9.17) is 0 Å². The molecule has 0 bridgehead atoms. The molecule has 2 nitrogen and oxygen atoms in total. The minimum Gasteiger partial charge on any atom is -0.344 e. The molecule has 0 radical (unpaired) electrons. The summed E-state index contributed by atoms with van der Waals surface area (Å²) >= 11 is 0. The first-order valence-corrected chi connectivity index (χ1v) is 4.72. The van der Waals surface area contributed by atoms with Crippen LogP contribution in [0.1, 0.15) is 11.3 Å². The first-order chi connectivity index (χ1) is 6.95. The zero-order valence-electron chi connectivity index (χ0n) is 7.72. The number of rotatable bonds is 0. The summed E-state index contributed by atoms with van der Waals surface area (Å²) in [5.41, 5.74) is 3.53. The van der Waals surface area contributed by atoms with Gasteiger partial charge in [-0.15, -0.1) is 0 Å². The van der Waals surface area contributed by atoms with Gasteiger partial charge >= 0.3 is 0 Å². The lowest BCUT2D eigenvalue weighted by Gasteiger charge is -2.28. The Bertz CT molecular complexity index is 455. The average Bonchev–Trinajstić information content (AvgIpc) is 2.29. The second kappa shape index (κ2) is 2.84. The van der Waals surface area contributed by atoms with Gasteiger partial charge in [-0.05, 0) is 24.3 Å². The lowest BCUT2D eigenvalue weighted by Crippen LogP contribution is -2.21. The SMILES string of the molecule is C1=CCN2C=Cc3ncccc3C2=C1. The molecular formula is C12H10N2. The van der Waals surface area contributed by atoms with Crippen molar-refractivity contribution in [2.45, 2.75) is 0 Å². The van der Waals surface area contributed by atoms with Crippen molar-refractivity contribution in [3.05, 3.63) is 54.0 Å². The van der Waals surface area contributed by atoms with Crippen molar-refractivity contribution in [2.75, 3.05) is 6.54 Å². The fourth-order valence-corrected chi connectivity index (χ4v) is 1.84. The summed E-state index contributed by atoms with van der Waals surface area (Å²) in [4.78, 5) is 6.56. The van der Waals surface area contributed by atoms with Gasteiger partial charge < -0.3 is 4.90 Å². The van der Waals surface area contributed by atoms with Gasteiger partial charge in [0.2, 0.25) is 0 Å². The Balaban J connectivity index is 2.22. The van der Waals surface area contributed by atoms with Gasteiger partial charge in [-0.25, -0.2) is 0 Å². The molecule has 0 amide bonds. The Kier molecular flexibility index (Phi) is 1.53. The van der Waals surface area contributed by atoms with Crippen LogP contribution in [0, 0.1) is 0 Å². The number of pyridine rings is 1. The van der Waals surface area contributed by atoms with Crippen molar-refractivity contribution in [3.63, 3.8) is 0 Å². The highest BCUT2D eigenvalue weighted by Crippen LogP contribution is 2.29. The molecule has 1 aromatic heterocycles. The molecule has 0 spiro atoms. The van der Waals surface area contributed by atoms with Gasteiger partial charge in [0.15, 0.2) is 0 Å². The largest absolute Gasteiger partial charge is 0.344 e. The van der Waals surface area contributed by atoms with Crippen LogP contribution in [-0.4, -0.2) is 16.4 Å². The summed E-state index contributed by atoms with van der Waals surface area (Å²) in [6, 6.07) is 4.10. The third-order valence-corrected chi connectivity index (χ3v) is 2.53. The quantitative estimate of drug-likeness (QED) is 0.612. The standard InChI is InChI=1S/C12H10N2/c1-2-8-14-9-6-11-10(12(14)5-1)4-3-7-13-11/h1-7,9H,8H2. The molecule has 0 saturated heterocycles. The molecule has 3 heterocycles. The molecule has 2 aliphatic rings. The summed E-state index contributed by atoms with van der Waals surface area (Å²) in [7, 11) is 0.